The first-order valence-electron chi connectivity index (χ1n) is 8.70. The molecule has 1 aliphatic heterocycles. The Morgan fingerprint density at radius 2 is 2.07 bits per heavy atom. The normalized spacial score (nSPS) is 20.1. The Morgan fingerprint density at radius 1 is 1.22 bits per heavy atom. The van der Waals surface area contributed by atoms with Crippen molar-refractivity contribution in [2.24, 2.45) is 7.05 Å². The summed E-state index contributed by atoms with van der Waals surface area (Å²) in [7, 11) is 3.48. The molecule has 2 aromatic heterocycles. The van der Waals surface area contributed by atoms with Crippen molar-refractivity contribution in [1.82, 2.24) is 19.3 Å². The number of nitrogens with zero attached hydrogens (tertiary/aromatic N) is 4. The van der Waals surface area contributed by atoms with Crippen molar-refractivity contribution in [1.29, 1.82) is 0 Å². The van der Waals surface area contributed by atoms with Crippen LogP contribution in [0.5, 0.6) is 0 Å². The minimum Gasteiger partial charge on any atom is -0.379 e. The van der Waals surface area contributed by atoms with E-state index in [1.807, 2.05) is 17.8 Å². The van der Waals surface area contributed by atoms with E-state index in [-0.39, 0.29) is 12.1 Å². The van der Waals surface area contributed by atoms with Gasteiger partial charge in [0, 0.05) is 38.1 Å². The Morgan fingerprint density at radius 3 is 2.78 bits per heavy atom. The summed E-state index contributed by atoms with van der Waals surface area (Å²) in [4.78, 5) is 4.53. The number of aromatic nitrogens is 4. The first kappa shape index (κ1) is 17.8. The summed E-state index contributed by atoms with van der Waals surface area (Å²) in [6, 6.07) is 3.83. The molecule has 4 rings (SSSR count). The standard InChI is InChI=1S/C19H20F2N4O2/c1-24-9-13(8-23-24)19-18(12-3-4-14(20)15(21)7-12)22-11-25(19)16-5-6-27-10-17(16)26-2/h3-4,7-9,11,16-17H,5-6,10H2,1-2H3/t16-,17-/m0/s1. The molecule has 1 aliphatic rings. The molecule has 0 saturated carbocycles. The molecule has 142 valence electrons. The summed E-state index contributed by atoms with van der Waals surface area (Å²) in [6.07, 6.45) is 5.97. The molecule has 3 heterocycles. The van der Waals surface area contributed by atoms with Gasteiger partial charge in [-0.05, 0) is 24.6 Å². The average molecular weight is 374 g/mol. The molecule has 1 fully saturated rings. The lowest BCUT2D eigenvalue weighted by Crippen LogP contribution is -2.35. The van der Waals surface area contributed by atoms with E-state index in [1.54, 1.807) is 24.3 Å². The van der Waals surface area contributed by atoms with Crippen molar-refractivity contribution in [3.05, 3.63) is 48.6 Å². The predicted octanol–water partition coefficient (Wildman–Crippen LogP) is 3.21. The van der Waals surface area contributed by atoms with Crippen LogP contribution in [0.2, 0.25) is 0 Å². The highest BCUT2D eigenvalue weighted by Gasteiger charge is 2.30. The second-order valence-electron chi connectivity index (χ2n) is 6.59. The summed E-state index contributed by atoms with van der Waals surface area (Å²) >= 11 is 0. The third kappa shape index (κ3) is 3.26. The maximum atomic E-state index is 13.8. The first-order chi connectivity index (χ1) is 13.1. The third-order valence-electron chi connectivity index (χ3n) is 4.89. The van der Waals surface area contributed by atoms with Crippen LogP contribution < -0.4 is 0 Å². The lowest BCUT2D eigenvalue weighted by Gasteiger charge is -2.32. The molecule has 0 bridgehead atoms. The van der Waals surface area contributed by atoms with Gasteiger partial charge in [0.25, 0.3) is 0 Å². The number of rotatable bonds is 4. The Labute approximate surface area is 155 Å². The highest BCUT2D eigenvalue weighted by atomic mass is 19.2. The summed E-state index contributed by atoms with van der Waals surface area (Å²) in [6.45, 7) is 1.11. The number of benzene rings is 1. The topological polar surface area (TPSA) is 54.1 Å². The molecule has 2 atom stereocenters. The maximum absolute atomic E-state index is 13.8. The minimum absolute atomic E-state index is 0.0190. The van der Waals surface area contributed by atoms with Gasteiger partial charge in [0.05, 0.1) is 36.6 Å². The van der Waals surface area contributed by atoms with Gasteiger partial charge in [-0.25, -0.2) is 13.8 Å². The predicted molar refractivity (Wildman–Crippen MR) is 95.1 cm³/mol. The van der Waals surface area contributed by atoms with Gasteiger partial charge >= 0.3 is 0 Å². The smallest absolute Gasteiger partial charge is 0.159 e. The van der Waals surface area contributed by atoms with E-state index < -0.39 is 11.6 Å². The molecular formula is C19H20F2N4O2. The number of ether oxygens (including phenoxy) is 2. The summed E-state index contributed by atoms with van der Waals surface area (Å²) in [5.74, 6) is -1.79. The Bertz CT molecular complexity index is 953. The molecule has 8 heteroatoms. The zero-order valence-electron chi connectivity index (χ0n) is 15.1. The highest BCUT2D eigenvalue weighted by molar-refractivity contribution is 5.78. The van der Waals surface area contributed by atoms with E-state index >= 15 is 0 Å². The monoisotopic (exact) mass is 374 g/mol. The highest BCUT2D eigenvalue weighted by Crippen LogP contribution is 2.36. The Kier molecular flexibility index (Phi) is 4.75. The minimum atomic E-state index is -0.903. The van der Waals surface area contributed by atoms with E-state index in [2.05, 4.69) is 10.1 Å². The second kappa shape index (κ2) is 7.21. The van der Waals surface area contributed by atoms with Crippen molar-refractivity contribution in [2.45, 2.75) is 18.6 Å². The Balaban J connectivity index is 1.87. The van der Waals surface area contributed by atoms with Crippen LogP contribution in [0.3, 0.4) is 0 Å². The molecule has 3 aromatic rings. The Hall–Kier alpha value is -2.58. The van der Waals surface area contributed by atoms with Gasteiger partial charge in [0.2, 0.25) is 0 Å². The van der Waals surface area contributed by atoms with E-state index in [0.717, 1.165) is 23.7 Å². The van der Waals surface area contributed by atoms with Crippen LogP contribution in [0.25, 0.3) is 22.5 Å². The van der Waals surface area contributed by atoms with Crippen LogP contribution in [-0.4, -0.2) is 45.8 Å². The molecule has 1 aromatic carbocycles. The lowest BCUT2D eigenvalue weighted by atomic mass is 10.0. The van der Waals surface area contributed by atoms with Crippen molar-refractivity contribution < 1.29 is 18.3 Å². The summed E-state index contributed by atoms with van der Waals surface area (Å²) in [5.41, 5.74) is 2.72. The number of hydrogen-bond acceptors (Lipinski definition) is 4. The fourth-order valence-corrected chi connectivity index (χ4v) is 3.54. The summed E-state index contributed by atoms with van der Waals surface area (Å²) < 4.78 is 42.1. The molecule has 1 saturated heterocycles. The van der Waals surface area contributed by atoms with Crippen LogP contribution in [0.1, 0.15) is 12.5 Å². The maximum Gasteiger partial charge on any atom is 0.159 e. The van der Waals surface area contributed by atoms with Crippen molar-refractivity contribution in [3.8, 4) is 22.5 Å². The van der Waals surface area contributed by atoms with E-state index in [1.165, 1.54) is 12.1 Å². The zero-order chi connectivity index (χ0) is 19.0. The molecular weight excluding hydrogens is 354 g/mol. The van der Waals surface area contributed by atoms with Crippen LogP contribution in [0, 0.1) is 11.6 Å². The van der Waals surface area contributed by atoms with Crippen molar-refractivity contribution in [3.63, 3.8) is 0 Å². The molecule has 0 N–H and O–H groups in total. The molecule has 27 heavy (non-hydrogen) atoms. The van der Waals surface area contributed by atoms with Crippen LogP contribution in [0.15, 0.2) is 36.9 Å². The molecule has 0 spiro atoms. The zero-order valence-corrected chi connectivity index (χ0v) is 15.1. The van der Waals surface area contributed by atoms with Gasteiger partial charge < -0.3 is 14.0 Å². The lowest BCUT2D eigenvalue weighted by molar-refractivity contribution is -0.0597. The third-order valence-corrected chi connectivity index (χ3v) is 4.89. The molecule has 0 aliphatic carbocycles. The number of methoxy groups -OCH3 is 1. The molecule has 0 radical (unpaired) electrons. The fraction of sp³-hybridized carbons (Fsp3) is 0.368. The molecule has 6 nitrogen and oxygen atoms in total. The van der Waals surface area contributed by atoms with E-state index in [9.17, 15) is 8.78 Å². The van der Waals surface area contributed by atoms with Gasteiger partial charge in [-0.1, -0.05) is 0 Å². The number of halogens is 2. The van der Waals surface area contributed by atoms with Crippen LogP contribution in [0.4, 0.5) is 8.78 Å². The SMILES string of the molecule is CO[C@H]1COCC[C@@H]1n1cnc(-c2ccc(F)c(F)c2)c1-c1cnn(C)c1. The average Bonchev–Trinajstić information content (AvgIpc) is 3.30. The van der Waals surface area contributed by atoms with Gasteiger partial charge in [0.15, 0.2) is 11.6 Å². The number of aryl methyl sites for hydroxylation is 1. The first-order valence-corrected chi connectivity index (χ1v) is 8.70. The van der Waals surface area contributed by atoms with Gasteiger partial charge in [-0.2, -0.15) is 5.10 Å². The van der Waals surface area contributed by atoms with Crippen LogP contribution in [-0.2, 0) is 16.5 Å². The number of hydrogen-bond donors (Lipinski definition) is 0. The van der Waals surface area contributed by atoms with Crippen molar-refractivity contribution in [2.75, 3.05) is 20.3 Å². The fourth-order valence-electron chi connectivity index (χ4n) is 3.54. The van der Waals surface area contributed by atoms with Crippen molar-refractivity contribution >= 4 is 0 Å². The largest absolute Gasteiger partial charge is 0.379 e. The van der Waals surface area contributed by atoms with Gasteiger partial charge in [0.1, 0.15) is 6.10 Å². The number of imidazole rings is 1. The molecule has 0 amide bonds. The summed E-state index contributed by atoms with van der Waals surface area (Å²) in [5, 5.41) is 4.25. The van der Waals surface area contributed by atoms with E-state index in [0.29, 0.717) is 24.5 Å². The molecule has 0 unspecified atom stereocenters. The quantitative estimate of drug-likeness (QED) is 0.704. The van der Waals surface area contributed by atoms with Gasteiger partial charge in [-0.3, -0.25) is 4.68 Å². The second-order valence-corrected chi connectivity index (χ2v) is 6.59. The van der Waals surface area contributed by atoms with Gasteiger partial charge in [-0.15, -0.1) is 0 Å². The van der Waals surface area contributed by atoms with Crippen LogP contribution >= 0.6 is 0 Å². The van der Waals surface area contributed by atoms with E-state index in [4.69, 9.17) is 9.47 Å².